The van der Waals surface area contributed by atoms with Crippen LogP contribution in [-0.2, 0) is 0 Å². The Kier molecular flexibility index (Phi) is 4.46. The molecule has 0 unspecified atom stereocenters. The zero-order valence-electron chi connectivity index (χ0n) is 16.0. The van der Waals surface area contributed by atoms with Crippen molar-refractivity contribution in [2.24, 2.45) is 15.6 Å². The maximum Gasteiger partial charge on any atom is 0.269 e. The Bertz CT molecular complexity index is 935. The SMILES string of the molecule is O=[N+]([O-])c1ccc(/C=N/N=C(c2ccccc2)C23CN4CN(CN(C4)C2)C3)cc1. The zero-order chi connectivity index (χ0) is 19.8. The predicted octanol–water partition coefficient (Wildman–Crippen LogP) is 2.22. The van der Waals surface area contributed by atoms with Crippen molar-refractivity contribution in [3.8, 4) is 0 Å². The second kappa shape index (κ2) is 7.14. The van der Waals surface area contributed by atoms with Gasteiger partial charge in [-0.2, -0.15) is 10.2 Å². The third kappa shape index (κ3) is 3.46. The van der Waals surface area contributed by atoms with E-state index in [2.05, 4.69) is 31.9 Å². The van der Waals surface area contributed by atoms with E-state index in [1.165, 1.54) is 12.1 Å². The molecule has 0 spiro atoms. The van der Waals surface area contributed by atoms with Crippen LogP contribution in [0.5, 0.6) is 0 Å². The monoisotopic (exact) mass is 390 g/mol. The van der Waals surface area contributed by atoms with Crippen molar-refractivity contribution in [3.63, 3.8) is 0 Å². The molecule has 4 aliphatic heterocycles. The molecule has 0 N–H and O–H groups in total. The minimum atomic E-state index is -0.403. The van der Waals surface area contributed by atoms with E-state index in [1.54, 1.807) is 18.3 Å². The summed E-state index contributed by atoms with van der Waals surface area (Å²) >= 11 is 0. The summed E-state index contributed by atoms with van der Waals surface area (Å²) in [7, 11) is 0. The minimum Gasteiger partial charge on any atom is -0.276 e. The van der Waals surface area contributed by atoms with Gasteiger partial charge in [-0.15, -0.1) is 0 Å². The molecule has 0 saturated carbocycles. The molecule has 8 heteroatoms. The van der Waals surface area contributed by atoms with Gasteiger partial charge < -0.3 is 0 Å². The number of non-ortho nitro benzene ring substituents is 1. The fourth-order valence-electron chi connectivity index (χ4n) is 4.84. The number of rotatable bonds is 5. The molecule has 148 valence electrons. The molecular weight excluding hydrogens is 368 g/mol. The first-order valence-electron chi connectivity index (χ1n) is 9.70. The van der Waals surface area contributed by atoms with Crippen molar-refractivity contribution in [2.45, 2.75) is 0 Å². The topological polar surface area (TPSA) is 77.6 Å². The summed E-state index contributed by atoms with van der Waals surface area (Å²) < 4.78 is 0. The van der Waals surface area contributed by atoms with Gasteiger partial charge in [0.1, 0.15) is 0 Å². The number of hydrogen-bond acceptors (Lipinski definition) is 7. The number of nitrogens with zero attached hydrogens (tertiary/aromatic N) is 6. The van der Waals surface area contributed by atoms with Crippen LogP contribution in [0.3, 0.4) is 0 Å². The summed E-state index contributed by atoms with van der Waals surface area (Å²) in [5.41, 5.74) is 2.90. The molecule has 0 atom stereocenters. The Morgan fingerprint density at radius 2 is 1.52 bits per heavy atom. The van der Waals surface area contributed by atoms with E-state index >= 15 is 0 Å². The lowest BCUT2D eigenvalue weighted by Crippen LogP contribution is -2.74. The van der Waals surface area contributed by atoms with Crippen molar-refractivity contribution in [3.05, 3.63) is 75.8 Å². The minimum absolute atomic E-state index is 0.0665. The average molecular weight is 390 g/mol. The van der Waals surface area contributed by atoms with Crippen LogP contribution in [0, 0.1) is 15.5 Å². The van der Waals surface area contributed by atoms with E-state index in [0.29, 0.717) is 0 Å². The summed E-state index contributed by atoms with van der Waals surface area (Å²) in [6.07, 6.45) is 1.66. The van der Waals surface area contributed by atoms with Crippen molar-refractivity contribution < 1.29 is 4.92 Å². The van der Waals surface area contributed by atoms with Gasteiger partial charge in [0.2, 0.25) is 0 Å². The largest absolute Gasteiger partial charge is 0.276 e. The molecule has 2 aromatic carbocycles. The van der Waals surface area contributed by atoms with Crippen LogP contribution in [-0.4, -0.2) is 71.2 Å². The van der Waals surface area contributed by atoms with E-state index in [9.17, 15) is 10.1 Å². The Hall–Kier alpha value is -2.94. The van der Waals surface area contributed by atoms with Gasteiger partial charge in [-0.25, -0.2) is 0 Å². The molecular formula is C21H22N6O2. The van der Waals surface area contributed by atoms with Crippen LogP contribution in [0.4, 0.5) is 5.69 Å². The van der Waals surface area contributed by atoms with Gasteiger partial charge in [-0.3, -0.25) is 24.8 Å². The molecule has 4 saturated heterocycles. The molecule has 4 fully saturated rings. The van der Waals surface area contributed by atoms with Crippen LogP contribution >= 0.6 is 0 Å². The molecule has 2 aromatic rings. The lowest BCUT2D eigenvalue weighted by Gasteiger charge is -2.60. The lowest BCUT2D eigenvalue weighted by molar-refractivity contribution is -0.384. The highest BCUT2D eigenvalue weighted by molar-refractivity contribution is 6.05. The Morgan fingerprint density at radius 1 is 0.931 bits per heavy atom. The molecule has 4 bridgehead atoms. The van der Waals surface area contributed by atoms with Gasteiger partial charge in [0.15, 0.2) is 0 Å². The number of hydrogen-bond donors (Lipinski definition) is 0. The van der Waals surface area contributed by atoms with E-state index in [-0.39, 0.29) is 11.1 Å². The molecule has 0 aromatic heterocycles. The Morgan fingerprint density at radius 3 is 2.07 bits per heavy atom. The number of benzene rings is 2. The quantitative estimate of drug-likeness (QED) is 0.444. The maximum atomic E-state index is 10.8. The van der Waals surface area contributed by atoms with Crippen molar-refractivity contribution in [1.29, 1.82) is 0 Å². The van der Waals surface area contributed by atoms with Crippen LogP contribution in [0.2, 0.25) is 0 Å². The summed E-state index contributed by atoms with van der Waals surface area (Å²) in [6, 6.07) is 16.6. The fraction of sp³-hybridized carbons (Fsp3) is 0.333. The first kappa shape index (κ1) is 18.1. The number of nitro benzene ring substituents is 1. The van der Waals surface area contributed by atoms with Gasteiger partial charge in [-0.05, 0) is 23.3 Å². The molecule has 0 amide bonds. The van der Waals surface area contributed by atoms with Crippen LogP contribution < -0.4 is 0 Å². The van der Waals surface area contributed by atoms with Gasteiger partial charge in [-0.1, -0.05) is 30.3 Å². The van der Waals surface area contributed by atoms with E-state index in [4.69, 9.17) is 5.10 Å². The van der Waals surface area contributed by atoms with Crippen LogP contribution in [0.15, 0.2) is 64.8 Å². The van der Waals surface area contributed by atoms with Crippen LogP contribution in [0.1, 0.15) is 11.1 Å². The van der Waals surface area contributed by atoms with Crippen LogP contribution in [0.25, 0.3) is 0 Å². The summed E-state index contributed by atoms with van der Waals surface area (Å²) in [5, 5.41) is 19.9. The maximum absolute atomic E-state index is 10.8. The normalized spacial score (nSPS) is 30.8. The fourth-order valence-corrected chi connectivity index (χ4v) is 4.84. The first-order valence-corrected chi connectivity index (χ1v) is 9.70. The standard InChI is InChI=1S/C21H22N6O2/c28-27(29)19-8-6-17(7-9-19)10-22-23-20(18-4-2-1-3-5-18)21-11-24-14-25(12-21)16-26(13-21)15-24/h1-10H,11-16H2/b22-10+,23-20?. The molecule has 8 nitrogen and oxygen atoms in total. The van der Waals surface area contributed by atoms with E-state index in [1.807, 2.05) is 18.2 Å². The smallest absolute Gasteiger partial charge is 0.269 e. The zero-order valence-corrected chi connectivity index (χ0v) is 16.0. The third-order valence-electron chi connectivity index (χ3n) is 5.80. The van der Waals surface area contributed by atoms with E-state index in [0.717, 1.165) is 56.5 Å². The molecule has 0 radical (unpaired) electrons. The van der Waals surface area contributed by atoms with Gasteiger partial charge in [0.05, 0.1) is 42.3 Å². The first-order chi connectivity index (χ1) is 14.1. The van der Waals surface area contributed by atoms with Gasteiger partial charge in [0.25, 0.3) is 5.69 Å². The Labute approximate surface area is 168 Å². The predicted molar refractivity (Wildman–Crippen MR) is 111 cm³/mol. The summed E-state index contributed by atoms with van der Waals surface area (Å²) in [5.74, 6) is 0. The van der Waals surface area contributed by atoms with Crippen molar-refractivity contribution in [2.75, 3.05) is 39.6 Å². The van der Waals surface area contributed by atoms with E-state index < -0.39 is 4.92 Å². The number of nitro groups is 1. The molecule has 4 heterocycles. The van der Waals surface area contributed by atoms with Gasteiger partial charge in [0, 0.05) is 31.8 Å². The second-order valence-electron chi connectivity index (χ2n) is 8.10. The Balaban J connectivity index is 1.47. The molecule has 0 aliphatic carbocycles. The second-order valence-corrected chi connectivity index (χ2v) is 8.10. The lowest BCUT2D eigenvalue weighted by atomic mass is 9.74. The highest BCUT2D eigenvalue weighted by atomic mass is 16.6. The van der Waals surface area contributed by atoms with Crippen molar-refractivity contribution in [1.82, 2.24) is 14.7 Å². The molecule has 6 rings (SSSR count). The highest BCUT2D eigenvalue weighted by Gasteiger charge is 2.51. The van der Waals surface area contributed by atoms with Gasteiger partial charge >= 0.3 is 0 Å². The molecule has 29 heavy (non-hydrogen) atoms. The molecule has 4 aliphatic rings. The summed E-state index contributed by atoms with van der Waals surface area (Å²) in [4.78, 5) is 17.8. The van der Waals surface area contributed by atoms with Crippen molar-refractivity contribution >= 4 is 17.6 Å². The summed E-state index contributed by atoms with van der Waals surface area (Å²) in [6.45, 7) is 6.02. The third-order valence-corrected chi connectivity index (χ3v) is 5.80. The average Bonchev–Trinajstić information content (AvgIpc) is 2.71. The highest BCUT2D eigenvalue weighted by Crippen LogP contribution is 2.38.